The summed E-state index contributed by atoms with van der Waals surface area (Å²) in [7, 11) is 0. The van der Waals surface area contributed by atoms with Crippen LogP contribution in [0.2, 0.25) is 0 Å². The van der Waals surface area contributed by atoms with Crippen molar-refractivity contribution in [2.75, 3.05) is 19.8 Å². The summed E-state index contributed by atoms with van der Waals surface area (Å²) >= 11 is 0. The molecule has 1 amide bonds. The molecule has 7 unspecified atom stereocenters. The molecule has 1 fully saturated rings. The molecule has 77 heavy (non-hydrogen) atoms. The minimum absolute atomic E-state index is 0.00647. The molecular formula is C66H123NO10. The van der Waals surface area contributed by atoms with E-state index in [4.69, 9.17) is 14.2 Å². The van der Waals surface area contributed by atoms with Crippen molar-refractivity contribution in [1.29, 1.82) is 0 Å². The molecule has 0 bridgehead atoms. The summed E-state index contributed by atoms with van der Waals surface area (Å²) in [5, 5.41) is 54.2. The molecule has 0 aromatic heterocycles. The number of unbranched alkanes of at least 4 members (excludes halogenated alkanes) is 39. The number of rotatable bonds is 57. The standard InChI is InChI=1S/C66H123NO10/c1-3-5-7-9-11-13-14-15-16-17-25-28-31-34-38-42-46-50-54-62(71)75-55-51-47-43-39-35-32-29-26-23-21-19-18-20-22-24-27-30-33-37-41-45-49-53-61(70)67-58(59(69)52-48-44-40-36-12-10-8-6-4-2)57-76-66-65(74)64(73)63(72)60(56-68)77-66/h13-14,16-17,48,52,58-60,63-66,68-69,72-74H,3-12,15,18-47,49-51,53-57H2,1-2H3,(H,67,70)/b14-13-,17-16-,52-48+. The van der Waals surface area contributed by atoms with Crippen LogP contribution in [-0.2, 0) is 23.8 Å². The fraction of sp³-hybridized carbons (Fsp3) is 0.879. The van der Waals surface area contributed by atoms with Gasteiger partial charge in [0.15, 0.2) is 6.29 Å². The Kier molecular flexibility index (Phi) is 52.8. The number of aliphatic hydroxyl groups is 5. The molecule has 0 radical (unpaired) electrons. The van der Waals surface area contributed by atoms with Crippen molar-refractivity contribution in [3.05, 3.63) is 36.5 Å². The molecule has 1 saturated heterocycles. The Morgan fingerprint density at radius 2 is 0.870 bits per heavy atom. The lowest BCUT2D eigenvalue weighted by atomic mass is 9.99. The lowest BCUT2D eigenvalue weighted by molar-refractivity contribution is -0.302. The second-order valence-electron chi connectivity index (χ2n) is 22.8. The van der Waals surface area contributed by atoms with Gasteiger partial charge in [0.05, 0.1) is 32.0 Å². The number of ether oxygens (including phenoxy) is 3. The summed E-state index contributed by atoms with van der Waals surface area (Å²) in [6.45, 7) is 4.31. The largest absolute Gasteiger partial charge is 0.466 e. The Morgan fingerprint density at radius 3 is 1.32 bits per heavy atom. The van der Waals surface area contributed by atoms with Crippen LogP contribution in [0.1, 0.15) is 309 Å². The molecular weight excluding hydrogens is 967 g/mol. The lowest BCUT2D eigenvalue weighted by Gasteiger charge is -2.40. The molecule has 0 saturated carbocycles. The minimum Gasteiger partial charge on any atom is -0.466 e. The van der Waals surface area contributed by atoms with Crippen LogP contribution in [0.3, 0.4) is 0 Å². The van der Waals surface area contributed by atoms with Gasteiger partial charge in [-0.05, 0) is 64.2 Å². The predicted molar refractivity (Wildman–Crippen MR) is 320 cm³/mol. The first-order valence-electron chi connectivity index (χ1n) is 32.8. The van der Waals surface area contributed by atoms with E-state index in [9.17, 15) is 35.1 Å². The smallest absolute Gasteiger partial charge is 0.305 e. The summed E-state index contributed by atoms with van der Waals surface area (Å²) in [4.78, 5) is 25.1. The average Bonchev–Trinajstić information content (AvgIpc) is 3.43. The lowest BCUT2D eigenvalue weighted by Crippen LogP contribution is -2.60. The van der Waals surface area contributed by atoms with Gasteiger partial charge in [-0.1, -0.05) is 269 Å². The summed E-state index contributed by atoms with van der Waals surface area (Å²) in [5.74, 6) is -0.190. The third-order valence-corrected chi connectivity index (χ3v) is 15.5. The SMILES string of the molecule is CCCCCC/C=C\C/C=C\CCCCCCCCCC(=O)OCCCCCCCCCCCCCCCCCCCCCCCCC(=O)NC(COC1OC(CO)C(O)C(O)C1O)C(O)/C=C/CCCCCCCCC. The summed E-state index contributed by atoms with van der Waals surface area (Å²) in [6.07, 6.45) is 59.8. The number of allylic oxidation sites excluding steroid dienone is 5. The molecule has 0 aromatic carbocycles. The number of hydrogen-bond acceptors (Lipinski definition) is 10. The van der Waals surface area contributed by atoms with E-state index in [2.05, 4.69) is 43.5 Å². The van der Waals surface area contributed by atoms with Crippen LogP contribution in [0, 0.1) is 0 Å². The minimum atomic E-state index is -1.57. The van der Waals surface area contributed by atoms with Gasteiger partial charge in [0.2, 0.25) is 5.91 Å². The average molecular weight is 1090 g/mol. The predicted octanol–water partition coefficient (Wildman–Crippen LogP) is 15.8. The van der Waals surface area contributed by atoms with Crippen LogP contribution in [0.5, 0.6) is 0 Å². The normalized spacial score (nSPS) is 18.8. The van der Waals surface area contributed by atoms with Crippen molar-refractivity contribution >= 4 is 11.9 Å². The first kappa shape index (κ1) is 72.9. The van der Waals surface area contributed by atoms with Gasteiger partial charge >= 0.3 is 5.97 Å². The third kappa shape index (κ3) is 45.2. The maximum atomic E-state index is 13.0. The van der Waals surface area contributed by atoms with Crippen molar-refractivity contribution in [1.82, 2.24) is 5.32 Å². The third-order valence-electron chi connectivity index (χ3n) is 15.5. The molecule has 1 heterocycles. The molecule has 6 N–H and O–H groups in total. The molecule has 11 nitrogen and oxygen atoms in total. The second-order valence-corrected chi connectivity index (χ2v) is 22.8. The monoisotopic (exact) mass is 1090 g/mol. The van der Waals surface area contributed by atoms with Gasteiger partial charge in [-0.3, -0.25) is 9.59 Å². The van der Waals surface area contributed by atoms with E-state index in [0.717, 1.165) is 64.2 Å². The Labute approximate surface area is 473 Å². The van der Waals surface area contributed by atoms with E-state index >= 15 is 0 Å². The number of carbonyl (C=O) groups excluding carboxylic acids is 2. The zero-order valence-corrected chi connectivity index (χ0v) is 49.9. The number of carbonyl (C=O) groups is 2. The Balaban J connectivity index is 1.95. The van der Waals surface area contributed by atoms with Gasteiger partial charge in [0.25, 0.3) is 0 Å². The molecule has 11 heteroatoms. The highest BCUT2D eigenvalue weighted by atomic mass is 16.7. The highest BCUT2D eigenvalue weighted by Crippen LogP contribution is 2.23. The molecule has 1 aliphatic heterocycles. The van der Waals surface area contributed by atoms with E-state index in [1.807, 2.05) is 6.08 Å². The fourth-order valence-corrected chi connectivity index (χ4v) is 10.3. The number of nitrogens with one attached hydrogen (secondary N) is 1. The van der Waals surface area contributed by atoms with Crippen LogP contribution < -0.4 is 5.32 Å². The Hall–Kier alpha value is -2.12. The summed E-state index contributed by atoms with van der Waals surface area (Å²) < 4.78 is 16.7. The van der Waals surface area contributed by atoms with Gasteiger partial charge in [-0.2, -0.15) is 0 Å². The number of esters is 1. The zero-order chi connectivity index (χ0) is 55.9. The summed E-state index contributed by atoms with van der Waals surface area (Å²) in [5.41, 5.74) is 0. The molecule has 1 aliphatic rings. The Morgan fingerprint density at radius 1 is 0.481 bits per heavy atom. The molecule has 452 valence electrons. The van der Waals surface area contributed by atoms with Crippen LogP contribution in [0.4, 0.5) is 0 Å². The topological polar surface area (TPSA) is 175 Å². The van der Waals surface area contributed by atoms with Crippen molar-refractivity contribution in [2.45, 2.75) is 352 Å². The van der Waals surface area contributed by atoms with Crippen molar-refractivity contribution in [2.24, 2.45) is 0 Å². The van der Waals surface area contributed by atoms with E-state index in [0.29, 0.717) is 19.4 Å². The molecule has 0 aliphatic carbocycles. The van der Waals surface area contributed by atoms with E-state index in [1.165, 1.54) is 218 Å². The maximum absolute atomic E-state index is 13.0. The highest BCUT2D eigenvalue weighted by molar-refractivity contribution is 5.76. The molecule has 1 rings (SSSR count). The van der Waals surface area contributed by atoms with Crippen LogP contribution >= 0.6 is 0 Å². The number of hydrogen-bond donors (Lipinski definition) is 6. The van der Waals surface area contributed by atoms with Gasteiger partial charge in [-0.25, -0.2) is 0 Å². The number of amides is 1. The van der Waals surface area contributed by atoms with Gasteiger partial charge in [0, 0.05) is 12.8 Å². The fourth-order valence-electron chi connectivity index (χ4n) is 10.3. The van der Waals surface area contributed by atoms with Gasteiger partial charge in [0.1, 0.15) is 24.4 Å². The summed E-state index contributed by atoms with van der Waals surface area (Å²) in [6, 6.07) is -0.809. The zero-order valence-electron chi connectivity index (χ0n) is 49.9. The quantitative estimate of drug-likeness (QED) is 0.0195. The van der Waals surface area contributed by atoms with Crippen molar-refractivity contribution in [3.8, 4) is 0 Å². The molecule has 0 aromatic rings. The first-order valence-corrected chi connectivity index (χ1v) is 32.8. The number of aliphatic hydroxyl groups excluding tert-OH is 5. The van der Waals surface area contributed by atoms with Crippen molar-refractivity contribution in [3.63, 3.8) is 0 Å². The highest BCUT2D eigenvalue weighted by Gasteiger charge is 2.44. The van der Waals surface area contributed by atoms with E-state index in [1.54, 1.807) is 6.08 Å². The van der Waals surface area contributed by atoms with Gasteiger partial charge < -0.3 is 45.1 Å². The van der Waals surface area contributed by atoms with Crippen LogP contribution in [0.25, 0.3) is 0 Å². The van der Waals surface area contributed by atoms with Crippen LogP contribution in [-0.4, -0.2) is 100 Å². The Bertz CT molecular complexity index is 1370. The van der Waals surface area contributed by atoms with Gasteiger partial charge in [-0.15, -0.1) is 0 Å². The maximum Gasteiger partial charge on any atom is 0.305 e. The van der Waals surface area contributed by atoms with Crippen LogP contribution in [0.15, 0.2) is 36.5 Å². The first-order chi connectivity index (χ1) is 37.7. The molecule has 0 spiro atoms. The van der Waals surface area contributed by atoms with E-state index in [-0.39, 0.29) is 18.5 Å². The van der Waals surface area contributed by atoms with E-state index < -0.39 is 49.5 Å². The second kappa shape index (κ2) is 55.8. The molecule has 7 atom stereocenters. The van der Waals surface area contributed by atoms with Crippen molar-refractivity contribution < 1.29 is 49.3 Å².